The van der Waals surface area contributed by atoms with Crippen LogP contribution in [0.4, 0.5) is 36.4 Å². The van der Waals surface area contributed by atoms with Crippen molar-refractivity contribution in [2.24, 2.45) is 5.18 Å². The normalized spacial score (nSPS) is 11.5. The van der Waals surface area contributed by atoms with Gasteiger partial charge in [-0.15, -0.1) is 4.91 Å². The number of nitrogens with two attached hydrogens (primary N) is 1. The maximum Gasteiger partial charge on any atom is 0.416 e. The quantitative estimate of drug-likeness (QED) is 0.288. The summed E-state index contributed by atoms with van der Waals surface area (Å²) in [5, 5.41) is 9.00. The summed E-state index contributed by atoms with van der Waals surface area (Å²) in [6.07, 6.45) is -1.07. The summed E-state index contributed by atoms with van der Waals surface area (Å²) in [6, 6.07) is 9.55. The molecule has 0 spiro atoms. The number of benzene rings is 1. The third-order valence-electron chi connectivity index (χ3n) is 4.61. The van der Waals surface area contributed by atoms with Crippen molar-refractivity contribution in [1.29, 1.82) is 0 Å². The number of alkyl halides is 3. The lowest BCUT2D eigenvalue weighted by atomic mass is 10.1. The molecular formula is C20H17F3N8O. The van der Waals surface area contributed by atoms with Crippen LogP contribution in [0.25, 0.3) is 16.9 Å². The minimum atomic E-state index is -4.40. The molecule has 0 bridgehead atoms. The number of nitrogens with zero attached hydrogens (tertiary/aromatic N) is 5. The summed E-state index contributed by atoms with van der Waals surface area (Å²) in [4.78, 5) is 23.4. The molecule has 3 aromatic heterocycles. The molecule has 0 radical (unpaired) electrons. The van der Waals surface area contributed by atoms with Gasteiger partial charge in [0, 0.05) is 37.1 Å². The number of rotatable bonds is 7. The first kappa shape index (κ1) is 21.0. The predicted molar refractivity (Wildman–Crippen MR) is 115 cm³/mol. The zero-order valence-electron chi connectivity index (χ0n) is 16.5. The zero-order chi connectivity index (χ0) is 22.7. The topological polar surface area (TPSA) is 123 Å². The van der Waals surface area contributed by atoms with E-state index < -0.39 is 11.7 Å². The molecule has 12 heteroatoms. The fraction of sp³-hybridized carbons (Fsp3) is 0.150. The second-order valence-corrected chi connectivity index (χ2v) is 6.74. The number of aromatic nitrogens is 4. The Hall–Kier alpha value is -4.22. The van der Waals surface area contributed by atoms with Gasteiger partial charge in [0.25, 0.3) is 0 Å². The van der Waals surface area contributed by atoms with Crippen LogP contribution in [-0.2, 0) is 6.18 Å². The van der Waals surface area contributed by atoms with Gasteiger partial charge in [-0.1, -0.05) is 12.1 Å². The molecule has 0 aliphatic heterocycles. The lowest BCUT2D eigenvalue weighted by molar-refractivity contribution is -0.137. The number of nitrogen functional groups attached to an aromatic ring is 1. The molecule has 0 unspecified atom stereocenters. The highest BCUT2D eigenvalue weighted by Gasteiger charge is 2.30. The molecular weight excluding hydrogens is 425 g/mol. The smallest absolute Gasteiger partial charge is 0.382 e. The SMILES string of the molecule is Nc1nc(NCCNc2nc(-c3ccc(C(F)(F)F)cc3)cc3nccn23)ccc1N=O. The molecule has 0 atom stereocenters. The van der Waals surface area contributed by atoms with Crippen molar-refractivity contribution in [2.75, 3.05) is 29.5 Å². The lowest BCUT2D eigenvalue weighted by Gasteiger charge is -2.12. The zero-order valence-corrected chi connectivity index (χ0v) is 16.5. The van der Waals surface area contributed by atoms with Crippen molar-refractivity contribution in [3.63, 3.8) is 0 Å². The summed E-state index contributed by atoms with van der Waals surface area (Å²) < 4.78 is 40.2. The van der Waals surface area contributed by atoms with Crippen LogP contribution in [0.5, 0.6) is 0 Å². The van der Waals surface area contributed by atoms with Crippen LogP contribution >= 0.6 is 0 Å². The molecule has 32 heavy (non-hydrogen) atoms. The van der Waals surface area contributed by atoms with Crippen molar-refractivity contribution in [1.82, 2.24) is 19.4 Å². The Morgan fingerprint density at radius 1 is 1.03 bits per heavy atom. The largest absolute Gasteiger partial charge is 0.416 e. The Kier molecular flexibility index (Phi) is 5.58. The van der Waals surface area contributed by atoms with E-state index in [1.165, 1.54) is 18.2 Å². The number of anilines is 3. The van der Waals surface area contributed by atoms with Gasteiger partial charge < -0.3 is 16.4 Å². The molecule has 3 heterocycles. The fourth-order valence-corrected chi connectivity index (χ4v) is 3.03. The number of halogens is 3. The summed E-state index contributed by atoms with van der Waals surface area (Å²) in [6.45, 7) is 0.884. The van der Waals surface area contributed by atoms with Crippen LogP contribution in [0, 0.1) is 4.91 Å². The minimum Gasteiger partial charge on any atom is -0.382 e. The Morgan fingerprint density at radius 2 is 1.78 bits per heavy atom. The third-order valence-corrected chi connectivity index (χ3v) is 4.61. The summed E-state index contributed by atoms with van der Waals surface area (Å²) in [7, 11) is 0. The molecule has 0 amide bonds. The number of nitroso groups, excluding NO2 is 1. The van der Waals surface area contributed by atoms with E-state index in [1.54, 1.807) is 28.9 Å². The van der Waals surface area contributed by atoms with E-state index in [-0.39, 0.29) is 11.5 Å². The Balaban J connectivity index is 1.48. The highest BCUT2D eigenvalue weighted by Crippen LogP contribution is 2.31. The van der Waals surface area contributed by atoms with Gasteiger partial charge in [0.05, 0.1) is 11.3 Å². The number of hydrogen-bond acceptors (Lipinski definition) is 8. The molecule has 0 saturated carbocycles. The molecule has 0 aliphatic rings. The van der Waals surface area contributed by atoms with Crippen LogP contribution in [0.15, 0.2) is 60.0 Å². The van der Waals surface area contributed by atoms with Crippen LogP contribution in [-0.4, -0.2) is 32.4 Å². The van der Waals surface area contributed by atoms with Gasteiger partial charge in [-0.05, 0) is 29.4 Å². The fourth-order valence-electron chi connectivity index (χ4n) is 3.03. The summed E-state index contributed by atoms with van der Waals surface area (Å²) in [5.74, 6) is 0.990. The van der Waals surface area contributed by atoms with Gasteiger partial charge >= 0.3 is 6.18 Å². The van der Waals surface area contributed by atoms with Crippen LogP contribution in [0.1, 0.15) is 5.56 Å². The first-order valence-electron chi connectivity index (χ1n) is 9.44. The van der Waals surface area contributed by atoms with Crippen molar-refractivity contribution in [3.8, 4) is 11.3 Å². The maximum atomic E-state index is 12.8. The average molecular weight is 442 g/mol. The summed E-state index contributed by atoms with van der Waals surface area (Å²) >= 11 is 0. The molecule has 0 aliphatic carbocycles. The van der Waals surface area contributed by atoms with E-state index in [2.05, 4.69) is 30.8 Å². The van der Waals surface area contributed by atoms with E-state index in [0.717, 1.165) is 12.1 Å². The second-order valence-electron chi connectivity index (χ2n) is 6.74. The number of pyridine rings is 1. The summed E-state index contributed by atoms with van der Waals surface area (Å²) in [5.41, 5.74) is 6.60. The van der Waals surface area contributed by atoms with Crippen molar-refractivity contribution in [2.45, 2.75) is 6.18 Å². The maximum absolute atomic E-state index is 12.8. The predicted octanol–water partition coefficient (Wildman–Crippen LogP) is 4.31. The molecule has 4 aromatic rings. The van der Waals surface area contributed by atoms with E-state index in [0.29, 0.717) is 41.8 Å². The van der Waals surface area contributed by atoms with Crippen LogP contribution in [0.2, 0.25) is 0 Å². The standard InChI is InChI=1S/C20H17F3N8O/c21-20(22,23)13-3-1-12(2-4-13)15-11-17-26-9-10-31(17)19(28-15)27-8-7-25-16-6-5-14(30-32)18(24)29-16/h1-6,9-11H,7-8H2,(H,27,28)(H3,24,25,29). The Labute approximate surface area is 179 Å². The second kappa shape index (κ2) is 8.49. The van der Waals surface area contributed by atoms with Gasteiger partial charge in [-0.2, -0.15) is 13.2 Å². The number of imidazole rings is 1. The highest BCUT2D eigenvalue weighted by molar-refractivity contribution is 5.66. The highest BCUT2D eigenvalue weighted by atomic mass is 19.4. The number of hydrogen-bond donors (Lipinski definition) is 3. The monoisotopic (exact) mass is 442 g/mol. The Bertz CT molecular complexity index is 1250. The van der Waals surface area contributed by atoms with Crippen LogP contribution < -0.4 is 16.4 Å². The van der Waals surface area contributed by atoms with Crippen LogP contribution in [0.3, 0.4) is 0 Å². The minimum absolute atomic E-state index is 0.0315. The van der Waals surface area contributed by atoms with Crippen molar-refractivity contribution < 1.29 is 13.2 Å². The molecule has 0 saturated heterocycles. The third kappa shape index (κ3) is 4.43. The van der Waals surface area contributed by atoms with E-state index >= 15 is 0 Å². The van der Waals surface area contributed by atoms with Crippen molar-refractivity contribution >= 4 is 28.9 Å². The Morgan fingerprint density at radius 3 is 2.47 bits per heavy atom. The number of nitrogens with one attached hydrogen (secondary N) is 2. The molecule has 0 fully saturated rings. The molecule has 1 aromatic carbocycles. The number of fused-ring (bicyclic) bond motifs is 1. The van der Waals surface area contributed by atoms with E-state index in [9.17, 15) is 18.1 Å². The molecule has 164 valence electrons. The van der Waals surface area contributed by atoms with Gasteiger partial charge in [0.15, 0.2) is 5.82 Å². The van der Waals surface area contributed by atoms with Gasteiger partial charge in [0.2, 0.25) is 5.95 Å². The first-order chi connectivity index (χ1) is 15.3. The first-order valence-corrected chi connectivity index (χ1v) is 9.44. The van der Waals surface area contributed by atoms with E-state index in [1.807, 2.05) is 0 Å². The van der Waals surface area contributed by atoms with Crippen molar-refractivity contribution in [3.05, 3.63) is 65.3 Å². The van der Waals surface area contributed by atoms with Gasteiger partial charge in [-0.25, -0.2) is 15.0 Å². The lowest BCUT2D eigenvalue weighted by Crippen LogP contribution is -2.17. The molecule has 9 nitrogen and oxygen atoms in total. The average Bonchev–Trinajstić information content (AvgIpc) is 3.25. The van der Waals surface area contributed by atoms with Gasteiger partial charge in [-0.3, -0.25) is 4.40 Å². The molecule has 4 rings (SSSR count). The van der Waals surface area contributed by atoms with E-state index in [4.69, 9.17) is 5.73 Å². The van der Waals surface area contributed by atoms with Gasteiger partial charge in [0.1, 0.15) is 17.2 Å². The molecule has 4 N–H and O–H groups in total.